The van der Waals surface area contributed by atoms with Gasteiger partial charge in [-0.25, -0.2) is 14.5 Å². The molecule has 0 aliphatic carbocycles. The molecule has 0 spiro atoms. The van der Waals surface area contributed by atoms with E-state index >= 15 is 0 Å². The van der Waals surface area contributed by atoms with Crippen LogP contribution in [-0.4, -0.2) is 80.7 Å². The van der Waals surface area contributed by atoms with Crippen molar-refractivity contribution in [3.8, 4) is 5.95 Å². The summed E-state index contributed by atoms with van der Waals surface area (Å²) in [5, 5.41) is 4.75. The first kappa shape index (κ1) is 22.3. The van der Waals surface area contributed by atoms with Gasteiger partial charge in [-0.1, -0.05) is 6.08 Å². The number of nitrogens with zero attached hydrogens (tertiary/aromatic N) is 7. The van der Waals surface area contributed by atoms with E-state index in [4.69, 9.17) is 24.5 Å². The molecule has 10 heteroatoms. The second kappa shape index (κ2) is 9.02. The average molecular weight is 464 g/mol. The Morgan fingerprint density at radius 2 is 1.94 bits per heavy atom. The van der Waals surface area contributed by atoms with Gasteiger partial charge in [-0.05, 0) is 51.0 Å². The third-order valence-electron chi connectivity index (χ3n) is 5.66. The number of pyridine rings is 1. The second-order valence-corrected chi connectivity index (χ2v) is 9.38. The lowest BCUT2D eigenvalue weighted by molar-refractivity contribution is 0.0273. The van der Waals surface area contributed by atoms with Crippen LogP contribution in [0.5, 0.6) is 0 Å². The van der Waals surface area contributed by atoms with Gasteiger partial charge >= 0.3 is 6.09 Å². The largest absolute Gasteiger partial charge is 0.444 e. The molecule has 0 radical (unpaired) electrons. The van der Waals surface area contributed by atoms with Crippen LogP contribution in [0.3, 0.4) is 0 Å². The first-order valence-electron chi connectivity index (χ1n) is 11.6. The summed E-state index contributed by atoms with van der Waals surface area (Å²) in [5.74, 6) is 1.27. The maximum Gasteiger partial charge on any atom is 0.410 e. The molecule has 2 aliphatic rings. The fourth-order valence-electron chi connectivity index (χ4n) is 4.06. The zero-order chi connectivity index (χ0) is 23.7. The first-order valence-corrected chi connectivity index (χ1v) is 11.6. The van der Waals surface area contributed by atoms with Crippen molar-refractivity contribution in [1.82, 2.24) is 29.6 Å². The van der Waals surface area contributed by atoms with Crippen molar-refractivity contribution < 1.29 is 14.3 Å². The van der Waals surface area contributed by atoms with E-state index in [0.29, 0.717) is 32.3 Å². The molecule has 1 saturated heterocycles. The van der Waals surface area contributed by atoms with Crippen molar-refractivity contribution in [2.24, 2.45) is 0 Å². The molecular formula is C24H29N7O3. The Morgan fingerprint density at radius 3 is 2.74 bits per heavy atom. The van der Waals surface area contributed by atoms with Gasteiger partial charge < -0.3 is 19.3 Å². The molecule has 0 unspecified atom stereocenters. The number of carbonyl (C=O) groups excluding carboxylic acids is 1. The van der Waals surface area contributed by atoms with Crippen LogP contribution in [0.15, 0.2) is 36.7 Å². The summed E-state index contributed by atoms with van der Waals surface area (Å²) >= 11 is 0. The molecule has 1 fully saturated rings. The molecule has 1 amide bonds. The highest BCUT2D eigenvalue weighted by molar-refractivity contribution is 5.86. The Hall–Kier alpha value is -3.53. The van der Waals surface area contributed by atoms with E-state index in [9.17, 15) is 4.79 Å². The highest BCUT2D eigenvalue weighted by atomic mass is 16.6. The van der Waals surface area contributed by atoms with Gasteiger partial charge in [0.15, 0.2) is 5.82 Å². The third-order valence-corrected chi connectivity index (χ3v) is 5.66. The highest BCUT2D eigenvalue weighted by Crippen LogP contribution is 2.25. The predicted octanol–water partition coefficient (Wildman–Crippen LogP) is 3.07. The minimum Gasteiger partial charge on any atom is -0.444 e. The number of ether oxygens (including phenoxy) is 2. The van der Waals surface area contributed by atoms with Crippen molar-refractivity contribution in [2.45, 2.75) is 32.8 Å². The Bertz CT molecular complexity index is 1220. The summed E-state index contributed by atoms with van der Waals surface area (Å²) < 4.78 is 12.7. The quantitative estimate of drug-likeness (QED) is 0.585. The normalized spacial score (nSPS) is 17.1. The number of aromatic nitrogens is 5. The molecule has 3 aromatic heterocycles. The lowest BCUT2D eigenvalue weighted by atomic mass is 10.1. The molecule has 5 rings (SSSR count). The SMILES string of the molecule is CC(C)(C)OC(=O)N1CCC=C(c2ccn(-c3nc(N4CCOCC4)c4ncccc4n3)n2)C1. The number of hydrogen-bond donors (Lipinski definition) is 0. The molecule has 34 heavy (non-hydrogen) atoms. The van der Waals surface area contributed by atoms with E-state index in [1.165, 1.54) is 0 Å². The van der Waals surface area contributed by atoms with Crippen molar-refractivity contribution >= 4 is 28.5 Å². The van der Waals surface area contributed by atoms with Gasteiger partial charge in [-0.2, -0.15) is 10.1 Å². The van der Waals surface area contributed by atoms with Gasteiger partial charge in [0.25, 0.3) is 5.95 Å². The van der Waals surface area contributed by atoms with E-state index in [1.54, 1.807) is 15.8 Å². The van der Waals surface area contributed by atoms with E-state index in [-0.39, 0.29) is 6.09 Å². The summed E-state index contributed by atoms with van der Waals surface area (Å²) in [6, 6.07) is 5.73. The third kappa shape index (κ3) is 4.72. The molecule has 178 valence electrons. The minimum atomic E-state index is -0.527. The second-order valence-electron chi connectivity index (χ2n) is 9.38. The van der Waals surface area contributed by atoms with E-state index < -0.39 is 5.60 Å². The van der Waals surface area contributed by atoms with Crippen LogP contribution in [0.4, 0.5) is 10.6 Å². The van der Waals surface area contributed by atoms with Gasteiger partial charge in [-0.3, -0.25) is 4.98 Å². The number of morpholine rings is 1. The maximum atomic E-state index is 12.5. The van der Waals surface area contributed by atoms with Crippen LogP contribution in [0.1, 0.15) is 32.9 Å². The molecule has 3 aromatic rings. The zero-order valence-electron chi connectivity index (χ0n) is 19.8. The van der Waals surface area contributed by atoms with Gasteiger partial charge in [0.05, 0.1) is 31.0 Å². The number of fused-ring (bicyclic) bond motifs is 1. The molecule has 0 saturated carbocycles. The lowest BCUT2D eigenvalue weighted by Crippen LogP contribution is -2.39. The molecule has 0 N–H and O–H groups in total. The Morgan fingerprint density at radius 1 is 1.12 bits per heavy atom. The van der Waals surface area contributed by atoms with Crippen molar-refractivity contribution in [3.63, 3.8) is 0 Å². The highest BCUT2D eigenvalue weighted by Gasteiger charge is 2.26. The average Bonchev–Trinajstić information content (AvgIpc) is 3.33. The van der Waals surface area contributed by atoms with Crippen LogP contribution in [0.2, 0.25) is 0 Å². The fourth-order valence-corrected chi connectivity index (χ4v) is 4.06. The van der Waals surface area contributed by atoms with Crippen LogP contribution < -0.4 is 4.90 Å². The number of rotatable bonds is 3. The first-order chi connectivity index (χ1) is 16.4. The molecular weight excluding hydrogens is 434 g/mol. The minimum absolute atomic E-state index is 0.307. The molecule has 2 aliphatic heterocycles. The predicted molar refractivity (Wildman–Crippen MR) is 128 cm³/mol. The zero-order valence-corrected chi connectivity index (χ0v) is 19.8. The van der Waals surface area contributed by atoms with Crippen molar-refractivity contribution in [3.05, 3.63) is 42.4 Å². The fraction of sp³-hybridized carbons (Fsp3) is 0.458. The smallest absolute Gasteiger partial charge is 0.410 e. The van der Waals surface area contributed by atoms with Crippen LogP contribution in [0.25, 0.3) is 22.6 Å². The maximum absolute atomic E-state index is 12.5. The van der Waals surface area contributed by atoms with Crippen molar-refractivity contribution in [2.75, 3.05) is 44.3 Å². The molecule has 0 aromatic carbocycles. The van der Waals surface area contributed by atoms with Gasteiger partial charge in [-0.15, -0.1) is 0 Å². The Kier molecular flexibility index (Phi) is 5.91. The van der Waals surface area contributed by atoms with E-state index in [1.807, 2.05) is 45.2 Å². The van der Waals surface area contributed by atoms with Crippen molar-refractivity contribution in [1.29, 1.82) is 0 Å². The topological polar surface area (TPSA) is 98.5 Å². The number of hydrogen-bond acceptors (Lipinski definition) is 8. The molecule has 0 bridgehead atoms. The van der Waals surface area contributed by atoms with Gasteiger partial charge in [0.2, 0.25) is 0 Å². The molecule has 10 nitrogen and oxygen atoms in total. The monoisotopic (exact) mass is 463 g/mol. The summed E-state index contributed by atoms with van der Waals surface area (Å²) in [6.45, 7) is 9.51. The van der Waals surface area contributed by atoms with Crippen LogP contribution >= 0.6 is 0 Å². The Balaban J connectivity index is 1.42. The summed E-state index contributed by atoms with van der Waals surface area (Å²) in [5.41, 5.74) is 2.77. The summed E-state index contributed by atoms with van der Waals surface area (Å²) in [4.78, 5) is 30.5. The summed E-state index contributed by atoms with van der Waals surface area (Å²) in [7, 11) is 0. The van der Waals surface area contributed by atoms with Gasteiger partial charge in [0.1, 0.15) is 11.1 Å². The molecule has 0 atom stereocenters. The van der Waals surface area contributed by atoms with Gasteiger partial charge in [0, 0.05) is 32.0 Å². The lowest BCUT2D eigenvalue weighted by Gasteiger charge is -2.29. The number of amides is 1. The van der Waals surface area contributed by atoms with Crippen LogP contribution in [-0.2, 0) is 9.47 Å². The van der Waals surface area contributed by atoms with E-state index in [0.717, 1.165) is 47.6 Å². The summed E-state index contributed by atoms with van der Waals surface area (Å²) in [6.07, 6.45) is 6.17. The molecule has 5 heterocycles. The Labute approximate surface area is 198 Å². The standard InChI is InChI=1S/C24H29N7O3/c1-24(2,3)34-23(32)30-10-5-6-17(16-30)18-8-11-31(28-18)22-26-19-7-4-9-25-20(19)21(27-22)29-12-14-33-15-13-29/h4,6-9,11H,5,10,12-16H2,1-3H3. The number of anilines is 1. The number of carbonyl (C=O) groups is 1. The van der Waals surface area contributed by atoms with Crippen LogP contribution in [0, 0.1) is 0 Å². The van der Waals surface area contributed by atoms with E-state index in [2.05, 4.69) is 16.0 Å².